The predicted octanol–water partition coefficient (Wildman–Crippen LogP) is 3.45. The van der Waals surface area contributed by atoms with Gasteiger partial charge in [-0.3, -0.25) is 14.9 Å². The van der Waals surface area contributed by atoms with Crippen LogP contribution in [0.25, 0.3) is 22.2 Å². The second kappa shape index (κ2) is 5.60. The van der Waals surface area contributed by atoms with Crippen LogP contribution in [-0.2, 0) is 11.2 Å². The minimum Gasteiger partial charge on any atom is -0.326 e. The molecule has 0 aliphatic heterocycles. The van der Waals surface area contributed by atoms with Gasteiger partial charge < -0.3 is 5.32 Å². The first-order valence-electron chi connectivity index (χ1n) is 7.30. The number of nitrogens with zero attached hydrogens (tertiary/aromatic N) is 2. The number of carbonyl (C=O) groups is 1. The normalized spacial score (nSPS) is 10.9. The fraction of sp³-hybridized carbons (Fsp3) is 0.235. The molecule has 3 aromatic rings. The summed E-state index contributed by atoms with van der Waals surface area (Å²) in [4.78, 5) is 15.6. The Morgan fingerprint density at radius 1 is 1.32 bits per heavy atom. The molecule has 1 amide bonds. The lowest BCUT2D eigenvalue weighted by Gasteiger charge is -2.09. The zero-order chi connectivity index (χ0) is 15.7. The van der Waals surface area contributed by atoms with Gasteiger partial charge in [-0.25, -0.2) is 0 Å². The molecule has 22 heavy (non-hydrogen) atoms. The number of benzene rings is 1. The van der Waals surface area contributed by atoms with Gasteiger partial charge in [-0.15, -0.1) is 0 Å². The molecule has 0 saturated carbocycles. The van der Waals surface area contributed by atoms with Crippen molar-refractivity contribution in [3.63, 3.8) is 0 Å². The zero-order valence-corrected chi connectivity index (χ0v) is 12.9. The van der Waals surface area contributed by atoms with E-state index in [4.69, 9.17) is 0 Å². The maximum absolute atomic E-state index is 11.3. The molecule has 0 spiro atoms. The van der Waals surface area contributed by atoms with E-state index in [9.17, 15) is 4.79 Å². The van der Waals surface area contributed by atoms with Crippen LogP contribution in [0.15, 0.2) is 30.5 Å². The number of rotatable bonds is 3. The van der Waals surface area contributed by atoms with E-state index < -0.39 is 0 Å². The number of fused-ring (bicyclic) bond motifs is 1. The summed E-state index contributed by atoms with van der Waals surface area (Å²) in [5.74, 6) is -0.0708. The lowest BCUT2D eigenvalue weighted by atomic mass is 10.0. The first kappa shape index (κ1) is 14.3. The van der Waals surface area contributed by atoms with E-state index >= 15 is 0 Å². The second-order valence-corrected chi connectivity index (χ2v) is 5.35. The van der Waals surface area contributed by atoms with Crippen LogP contribution in [0.4, 0.5) is 5.69 Å². The van der Waals surface area contributed by atoms with E-state index in [0.29, 0.717) is 0 Å². The van der Waals surface area contributed by atoms with E-state index in [1.807, 2.05) is 25.1 Å². The molecule has 0 saturated heterocycles. The van der Waals surface area contributed by atoms with Crippen molar-refractivity contribution < 1.29 is 4.79 Å². The molecule has 0 aliphatic carbocycles. The summed E-state index contributed by atoms with van der Waals surface area (Å²) in [6.07, 6.45) is 2.63. The Kier molecular flexibility index (Phi) is 3.63. The topological polar surface area (TPSA) is 70.7 Å². The van der Waals surface area contributed by atoms with Gasteiger partial charge in [0.15, 0.2) is 0 Å². The SMILES string of the molecule is CCc1cc2c(-c3ccnc(C)c3)n[nH]c2cc1NC(C)=O. The number of amides is 1. The summed E-state index contributed by atoms with van der Waals surface area (Å²) in [6, 6.07) is 8.01. The van der Waals surface area contributed by atoms with Gasteiger partial charge in [0.2, 0.25) is 5.91 Å². The van der Waals surface area contributed by atoms with Crippen molar-refractivity contribution in [3.8, 4) is 11.3 Å². The molecule has 2 N–H and O–H groups in total. The highest BCUT2D eigenvalue weighted by molar-refractivity contribution is 5.98. The minimum atomic E-state index is -0.0708. The van der Waals surface area contributed by atoms with Crippen LogP contribution in [0, 0.1) is 6.92 Å². The number of H-pyrrole nitrogens is 1. The van der Waals surface area contributed by atoms with E-state index in [1.165, 1.54) is 6.92 Å². The summed E-state index contributed by atoms with van der Waals surface area (Å²) >= 11 is 0. The van der Waals surface area contributed by atoms with Crippen molar-refractivity contribution in [1.82, 2.24) is 15.2 Å². The maximum Gasteiger partial charge on any atom is 0.221 e. The molecular weight excluding hydrogens is 276 g/mol. The molecule has 0 radical (unpaired) electrons. The quantitative estimate of drug-likeness (QED) is 0.777. The Bertz CT molecular complexity index is 851. The van der Waals surface area contributed by atoms with Crippen molar-refractivity contribution in [2.24, 2.45) is 0 Å². The van der Waals surface area contributed by atoms with Gasteiger partial charge in [0, 0.05) is 35.5 Å². The van der Waals surface area contributed by atoms with Crippen molar-refractivity contribution >= 4 is 22.5 Å². The van der Waals surface area contributed by atoms with Gasteiger partial charge in [-0.05, 0) is 43.2 Å². The third-order valence-corrected chi connectivity index (χ3v) is 3.65. The number of hydrogen-bond donors (Lipinski definition) is 2. The molecule has 5 nitrogen and oxygen atoms in total. The number of pyridine rings is 1. The smallest absolute Gasteiger partial charge is 0.221 e. The summed E-state index contributed by atoms with van der Waals surface area (Å²) < 4.78 is 0. The third kappa shape index (κ3) is 2.57. The molecular formula is C17H18N4O. The number of nitrogens with one attached hydrogen (secondary N) is 2. The van der Waals surface area contributed by atoms with Crippen LogP contribution in [0.2, 0.25) is 0 Å². The van der Waals surface area contributed by atoms with Gasteiger partial charge in [0.1, 0.15) is 5.69 Å². The molecule has 112 valence electrons. The van der Waals surface area contributed by atoms with Crippen LogP contribution < -0.4 is 5.32 Å². The third-order valence-electron chi connectivity index (χ3n) is 3.65. The lowest BCUT2D eigenvalue weighted by molar-refractivity contribution is -0.114. The number of aromatic amines is 1. The highest BCUT2D eigenvalue weighted by atomic mass is 16.1. The van der Waals surface area contributed by atoms with Crippen molar-refractivity contribution in [1.29, 1.82) is 0 Å². The van der Waals surface area contributed by atoms with Gasteiger partial charge in [-0.1, -0.05) is 6.92 Å². The molecule has 2 heterocycles. The standard InChI is InChI=1S/C17H18N4O/c1-4-12-8-14-16(9-15(12)19-11(3)22)20-21-17(14)13-5-6-18-10(2)7-13/h5-9H,4H2,1-3H3,(H,19,22)(H,20,21). The summed E-state index contributed by atoms with van der Waals surface area (Å²) in [5, 5.41) is 11.4. The number of hydrogen-bond acceptors (Lipinski definition) is 3. The van der Waals surface area contributed by atoms with Crippen molar-refractivity contribution in [2.75, 3.05) is 5.32 Å². The highest BCUT2D eigenvalue weighted by Gasteiger charge is 2.12. The van der Waals surface area contributed by atoms with Crippen LogP contribution in [-0.4, -0.2) is 21.1 Å². The Morgan fingerprint density at radius 2 is 2.14 bits per heavy atom. The Balaban J connectivity index is 2.17. The van der Waals surface area contributed by atoms with Crippen LogP contribution >= 0.6 is 0 Å². The predicted molar refractivity (Wildman–Crippen MR) is 87.7 cm³/mol. The fourth-order valence-corrected chi connectivity index (χ4v) is 2.62. The van der Waals surface area contributed by atoms with E-state index in [1.54, 1.807) is 6.20 Å². The van der Waals surface area contributed by atoms with Gasteiger partial charge in [0.05, 0.1) is 5.52 Å². The summed E-state index contributed by atoms with van der Waals surface area (Å²) in [7, 11) is 0. The average molecular weight is 294 g/mol. The van der Waals surface area contributed by atoms with E-state index in [2.05, 4.69) is 33.5 Å². The first-order chi connectivity index (χ1) is 10.6. The molecule has 5 heteroatoms. The molecule has 2 aromatic heterocycles. The molecule has 1 aromatic carbocycles. The minimum absolute atomic E-state index is 0.0708. The summed E-state index contributed by atoms with van der Waals surface area (Å²) in [6.45, 7) is 5.55. The number of carbonyl (C=O) groups excluding carboxylic acids is 1. The largest absolute Gasteiger partial charge is 0.326 e. The van der Waals surface area contributed by atoms with Gasteiger partial charge in [-0.2, -0.15) is 5.10 Å². The average Bonchev–Trinajstić information content (AvgIpc) is 2.88. The van der Waals surface area contributed by atoms with Crippen LogP contribution in [0.1, 0.15) is 25.1 Å². The van der Waals surface area contributed by atoms with Crippen molar-refractivity contribution in [2.45, 2.75) is 27.2 Å². The molecule has 0 atom stereocenters. The maximum atomic E-state index is 11.3. The second-order valence-electron chi connectivity index (χ2n) is 5.35. The molecule has 0 bridgehead atoms. The highest BCUT2D eigenvalue weighted by Crippen LogP contribution is 2.31. The fourth-order valence-electron chi connectivity index (χ4n) is 2.62. The van der Waals surface area contributed by atoms with Crippen molar-refractivity contribution in [3.05, 3.63) is 41.7 Å². The molecule has 3 rings (SSSR count). The lowest BCUT2D eigenvalue weighted by Crippen LogP contribution is -2.07. The Labute approximate surface area is 128 Å². The Hall–Kier alpha value is -2.69. The molecule has 0 aliphatic rings. The van der Waals surface area contributed by atoms with Crippen LogP contribution in [0.3, 0.4) is 0 Å². The number of anilines is 1. The van der Waals surface area contributed by atoms with Gasteiger partial charge >= 0.3 is 0 Å². The number of aryl methyl sites for hydroxylation is 2. The molecule has 0 unspecified atom stereocenters. The monoisotopic (exact) mass is 294 g/mol. The van der Waals surface area contributed by atoms with E-state index in [0.717, 1.165) is 45.5 Å². The number of aromatic nitrogens is 3. The van der Waals surface area contributed by atoms with Crippen LogP contribution in [0.5, 0.6) is 0 Å². The first-order valence-corrected chi connectivity index (χ1v) is 7.30. The zero-order valence-electron chi connectivity index (χ0n) is 12.9. The molecule has 0 fully saturated rings. The summed E-state index contributed by atoms with van der Waals surface area (Å²) in [5.41, 5.74) is 5.74. The Morgan fingerprint density at radius 3 is 2.82 bits per heavy atom. The van der Waals surface area contributed by atoms with E-state index in [-0.39, 0.29) is 5.91 Å². The van der Waals surface area contributed by atoms with Gasteiger partial charge in [0.25, 0.3) is 0 Å².